The lowest BCUT2D eigenvalue weighted by Gasteiger charge is -2.30. The van der Waals surface area contributed by atoms with E-state index in [0.29, 0.717) is 19.4 Å². The molecule has 0 aliphatic carbocycles. The number of carbonyl (C=O) groups excluding carboxylic acids is 2. The highest BCUT2D eigenvalue weighted by Gasteiger charge is 2.23. The third kappa shape index (κ3) is 5.48. The molecule has 5 nitrogen and oxygen atoms in total. The van der Waals surface area contributed by atoms with Crippen LogP contribution in [0, 0.1) is 6.92 Å². The van der Waals surface area contributed by atoms with Crippen LogP contribution in [0.5, 0.6) is 0 Å². The van der Waals surface area contributed by atoms with E-state index >= 15 is 0 Å². The average Bonchev–Trinajstić information content (AvgIpc) is 2.52. The Morgan fingerprint density at radius 2 is 2.00 bits per heavy atom. The summed E-state index contributed by atoms with van der Waals surface area (Å²) in [5.74, 6) is 0.127. The van der Waals surface area contributed by atoms with Gasteiger partial charge in [0.1, 0.15) is 5.60 Å². The normalized spacial score (nSPS) is 14.0. The zero-order valence-corrected chi connectivity index (χ0v) is 16.1. The summed E-state index contributed by atoms with van der Waals surface area (Å²) in [7, 11) is 1.71. The predicted octanol–water partition coefficient (Wildman–Crippen LogP) is 3.92. The van der Waals surface area contributed by atoms with Gasteiger partial charge < -0.3 is 14.5 Å². The number of anilines is 1. The summed E-state index contributed by atoms with van der Waals surface area (Å²) in [6.45, 7) is 8.90. The van der Waals surface area contributed by atoms with Crippen molar-refractivity contribution in [3.63, 3.8) is 0 Å². The van der Waals surface area contributed by atoms with Crippen molar-refractivity contribution < 1.29 is 14.3 Å². The molecule has 138 valence electrons. The molecule has 0 bridgehead atoms. The molecule has 0 saturated carbocycles. The Morgan fingerprint density at radius 1 is 1.28 bits per heavy atom. The number of hydrogen-bond acceptors (Lipinski definition) is 3. The van der Waals surface area contributed by atoms with E-state index in [1.54, 1.807) is 7.05 Å². The second kappa shape index (κ2) is 7.89. The van der Waals surface area contributed by atoms with Crippen LogP contribution in [0.15, 0.2) is 18.2 Å². The van der Waals surface area contributed by atoms with Crippen LogP contribution in [0.3, 0.4) is 0 Å². The quantitative estimate of drug-likeness (QED) is 0.830. The second-order valence-corrected chi connectivity index (χ2v) is 7.79. The monoisotopic (exact) mass is 346 g/mol. The van der Waals surface area contributed by atoms with Gasteiger partial charge in [-0.15, -0.1) is 0 Å². The topological polar surface area (TPSA) is 49.9 Å². The average molecular weight is 346 g/mol. The van der Waals surface area contributed by atoms with E-state index in [2.05, 4.69) is 25.1 Å². The van der Waals surface area contributed by atoms with Crippen molar-refractivity contribution in [2.75, 3.05) is 25.0 Å². The number of carbonyl (C=O) groups is 2. The van der Waals surface area contributed by atoms with E-state index in [9.17, 15) is 9.59 Å². The fourth-order valence-electron chi connectivity index (χ4n) is 3.02. The van der Waals surface area contributed by atoms with Gasteiger partial charge in [-0.3, -0.25) is 4.79 Å². The lowest BCUT2D eigenvalue weighted by molar-refractivity contribution is -0.118. The van der Waals surface area contributed by atoms with Gasteiger partial charge in [0, 0.05) is 32.2 Å². The number of ether oxygens (including phenoxy) is 1. The molecule has 1 heterocycles. The maximum atomic E-state index is 12.6. The van der Waals surface area contributed by atoms with Gasteiger partial charge in [-0.2, -0.15) is 0 Å². The molecule has 1 aliphatic rings. The van der Waals surface area contributed by atoms with Crippen LogP contribution in [0.2, 0.25) is 0 Å². The fourth-order valence-corrected chi connectivity index (χ4v) is 3.02. The van der Waals surface area contributed by atoms with Crippen LogP contribution >= 0.6 is 0 Å². The van der Waals surface area contributed by atoms with Crippen molar-refractivity contribution in [2.45, 2.75) is 59.0 Å². The van der Waals surface area contributed by atoms with Crippen LogP contribution in [-0.4, -0.2) is 42.6 Å². The minimum absolute atomic E-state index is 0.127. The molecule has 2 amide bonds. The molecular weight excluding hydrogens is 316 g/mol. The Bertz CT molecular complexity index is 634. The van der Waals surface area contributed by atoms with Crippen LogP contribution in [0.25, 0.3) is 0 Å². The summed E-state index contributed by atoms with van der Waals surface area (Å²) >= 11 is 0. The maximum Gasteiger partial charge on any atom is 0.410 e. The number of hydrogen-bond donors (Lipinski definition) is 0. The SMILES string of the molecule is Cc1ccc2c(c1)CCCN2C(=O)CCCN(C)C(=O)OC(C)(C)C. The molecule has 0 radical (unpaired) electrons. The standard InChI is InChI=1S/C20H30N2O3/c1-15-10-11-17-16(14-15)8-6-13-22(17)18(23)9-7-12-21(5)19(24)25-20(2,3)4/h10-11,14H,6-9,12-13H2,1-5H3. The van der Waals surface area contributed by atoms with Crippen molar-refractivity contribution in [3.8, 4) is 0 Å². The van der Waals surface area contributed by atoms with Crippen LogP contribution < -0.4 is 4.90 Å². The van der Waals surface area contributed by atoms with E-state index in [4.69, 9.17) is 4.74 Å². The molecule has 0 N–H and O–H groups in total. The summed E-state index contributed by atoms with van der Waals surface area (Å²) in [5.41, 5.74) is 3.02. The van der Waals surface area contributed by atoms with Gasteiger partial charge in [0.2, 0.25) is 5.91 Å². The number of amides is 2. The Labute approximate surface area is 150 Å². The minimum Gasteiger partial charge on any atom is -0.444 e. The molecule has 1 aliphatic heterocycles. The number of aryl methyl sites for hydroxylation is 2. The zero-order chi connectivity index (χ0) is 18.6. The summed E-state index contributed by atoms with van der Waals surface area (Å²) in [6, 6.07) is 6.28. The van der Waals surface area contributed by atoms with Crippen molar-refractivity contribution in [2.24, 2.45) is 0 Å². The summed E-state index contributed by atoms with van der Waals surface area (Å²) < 4.78 is 5.32. The van der Waals surface area contributed by atoms with Gasteiger partial charge in [-0.05, 0) is 58.6 Å². The largest absolute Gasteiger partial charge is 0.444 e. The van der Waals surface area contributed by atoms with Crippen molar-refractivity contribution in [1.29, 1.82) is 0 Å². The summed E-state index contributed by atoms with van der Waals surface area (Å²) in [6.07, 6.45) is 2.74. The second-order valence-electron chi connectivity index (χ2n) is 7.79. The molecule has 1 aromatic rings. The van der Waals surface area contributed by atoms with Crippen molar-refractivity contribution >= 4 is 17.7 Å². The van der Waals surface area contributed by atoms with Crippen LogP contribution in [0.4, 0.5) is 10.5 Å². The first-order valence-corrected chi connectivity index (χ1v) is 9.01. The van der Waals surface area contributed by atoms with Gasteiger partial charge in [0.25, 0.3) is 0 Å². The van der Waals surface area contributed by atoms with Crippen LogP contribution in [0.1, 0.15) is 51.2 Å². The highest BCUT2D eigenvalue weighted by molar-refractivity contribution is 5.94. The third-order valence-corrected chi connectivity index (χ3v) is 4.24. The lowest BCUT2D eigenvalue weighted by Crippen LogP contribution is -2.37. The van der Waals surface area contributed by atoms with E-state index in [1.807, 2.05) is 25.7 Å². The van der Waals surface area contributed by atoms with E-state index in [-0.39, 0.29) is 12.0 Å². The first kappa shape index (κ1) is 19.3. The Kier molecular flexibility index (Phi) is 6.09. The van der Waals surface area contributed by atoms with Crippen LogP contribution in [-0.2, 0) is 16.0 Å². The molecular formula is C20H30N2O3. The first-order valence-electron chi connectivity index (χ1n) is 9.01. The zero-order valence-electron chi connectivity index (χ0n) is 16.1. The molecule has 25 heavy (non-hydrogen) atoms. The Balaban J connectivity index is 1.86. The Hall–Kier alpha value is -2.04. The molecule has 0 fully saturated rings. The number of fused-ring (bicyclic) bond motifs is 1. The smallest absolute Gasteiger partial charge is 0.410 e. The fraction of sp³-hybridized carbons (Fsp3) is 0.600. The molecule has 0 aromatic heterocycles. The predicted molar refractivity (Wildman–Crippen MR) is 100.0 cm³/mol. The first-order chi connectivity index (χ1) is 11.7. The highest BCUT2D eigenvalue weighted by Crippen LogP contribution is 2.28. The van der Waals surface area contributed by atoms with E-state index in [0.717, 1.165) is 25.1 Å². The molecule has 0 saturated heterocycles. The number of benzene rings is 1. The summed E-state index contributed by atoms with van der Waals surface area (Å²) in [5, 5.41) is 0. The van der Waals surface area contributed by atoms with Gasteiger partial charge in [0.15, 0.2) is 0 Å². The van der Waals surface area contributed by atoms with Crippen molar-refractivity contribution in [1.82, 2.24) is 4.90 Å². The molecule has 0 atom stereocenters. The molecule has 0 unspecified atom stereocenters. The number of nitrogens with zero attached hydrogens (tertiary/aromatic N) is 2. The van der Waals surface area contributed by atoms with E-state index < -0.39 is 5.60 Å². The third-order valence-electron chi connectivity index (χ3n) is 4.24. The molecule has 2 rings (SSSR count). The van der Waals surface area contributed by atoms with Gasteiger partial charge in [-0.25, -0.2) is 4.79 Å². The minimum atomic E-state index is -0.503. The summed E-state index contributed by atoms with van der Waals surface area (Å²) in [4.78, 5) is 28.0. The Morgan fingerprint density at radius 3 is 2.68 bits per heavy atom. The van der Waals surface area contributed by atoms with Gasteiger partial charge >= 0.3 is 6.09 Å². The number of rotatable bonds is 4. The van der Waals surface area contributed by atoms with Crippen molar-refractivity contribution in [3.05, 3.63) is 29.3 Å². The van der Waals surface area contributed by atoms with Gasteiger partial charge in [0.05, 0.1) is 0 Å². The lowest BCUT2D eigenvalue weighted by atomic mass is 9.99. The maximum absolute atomic E-state index is 12.6. The molecule has 0 spiro atoms. The molecule has 5 heteroatoms. The highest BCUT2D eigenvalue weighted by atomic mass is 16.6. The van der Waals surface area contributed by atoms with Gasteiger partial charge in [-0.1, -0.05) is 17.7 Å². The van der Waals surface area contributed by atoms with E-state index in [1.165, 1.54) is 16.0 Å². The molecule has 1 aromatic carbocycles.